The number of aromatic nitrogens is 3. The zero-order valence-corrected chi connectivity index (χ0v) is 20.6. The molecule has 0 bridgehead atoms. The Balaban J connectivity index is 1.63. The number of carbonyl (C=O) groups is 1. The Kier molecular flexibility index (Phi) is 5.85. The number of amides is 1. The number of rotatable bonds is 5. The van der Waals surface area contributed by atoms with Crippen LogP contribution in [0.15, 0.2) is 71.8 Å². The lowest BCUT2D eigenvalue weighted by Gasteiger charge is -2.11. The Labute approximate surface area is 209 Å². The Morgan fingerprint density at radius 1 is 1.00 bits per heavy atom. The quantitative estimate of drug-likeness (QED) is 0.348. The van der Waals surface area contributed by atoms with Gasteiger partial charge in [-0.3, -0.25) is 4.79 Å². The summed E-state index contributed by atoms with van der Waals surface area (Å²) < 4.78 is 1.48. The molecule has 1 amide bonds. The van der Waals surface area contributed by atoms with Crippen LogP contribution in [0.2, 0.25) is 0 Å². The van der Waals surface area contributed by atoms with Gasteiger partial charge in [-0.15, -0.1) is 0 Å². The topological polar surface area (TPSA) is 101 Å². The summed E-state index contributed by atoms with van der Waals surface area (Å²) in [5.41, 5.74) is 13.6. The van der Waals surface area contributed by atoms with Gasteiger partial charge in [-0.25, -0.2) is 9.97 Å². The van der Waals surface area contributed by atoms with E-state index in [4.69, 9.17) is 15.7 Å². The summed E-state index contributed by atoms with van der Waals surface area (Å²) in [6, 6.07) is 21.4. The van der Waals surface area contributed by atoms with Crippen molar-refractivity contribution < 1.29 is 4.79 Å². The highest BCUT2D eigenvalue weighted by molar-refractivity contribution is 6.16. The number of nitrogens with zero attached hydrogens (tertiary/aromatic N) is 5. The van der Waals surface area contributed by atoms with Gasteiger partial charge in [-0.2, -0.15) is 9.78 Å². The molecule has 2 heterocycles. The van der Waals surface area contributed by atoms with E-state index in [2.05, 4.69) is 10.4 Å². The number of nitrogen functional groups attached to an aromatic ring is 1. The molecule has 3 aromatic carbocycles. The normalized spacial score (nSPS) is 11.4. The highest BCUT2D eigenvalue weighted by atomic mass is 16.1. The van der Waals surface area contributed by atoms with Gasteiger partial charge in [-0.1, -0.05) is 36.4 Å². The molecule has 0 aliphatic carbocycles. The average Bonchev–Trinajstić information content (AvgIpc) is 3.13. The van der Waals surface area contributed by atoms with E-state index in [9.17, 15) is 4.79 Å². The first-order chi connectivity index (χ1) is 17.3. The summed E-state index contributed by atoms with van der Waals surface area (Å²) in [5.74, 6) is -0.190. The lowest BCUT2D eigenvalue weighted by Crippen LogP contribution is -2.15. The van der Waals surface area contributed by atoms with Crippen molar-refractivity contribution in [2.45, 2.75) is 13.8 Å². The van der Waals surface area contributed by atoms with Gasteiger partial charge in [0.15, 0.2) is 5.65 Å². The van der Waals surface area contributed by atoms with Crippen molar-refractivity contribution >= 4 is 51.5 Å². The molecule has 5 aromatic rings. The summed E-state index contributed by atoms with van der Waals surface area (Å²) in [6.45, 7) is 3.92. The molecule has 0 fully saturated rings. The first-order valence-electron chi connectivity index (χ1n) is 11.6. The summed E-state index contributed by atoms with van der Waals surface area (Å²) >= 11 is 0. The van der Waals surface area contributed by atoms with Crippen molar-refractivity contribution in [1.29, 1.82) is 0 Å². The number of para-hydroxylation sites is 2. The first kappa shape index (κ1) is 23.0. The molecule has 5 rings (SSSR count). The van der Waals surface area contributed by atoms with E-state index in [1.54, 1.807) is 6.21 Å². The minimum Gasteiger partial charge on any atom is -0.383 e. The molecular formula is C28H27N7O. The van der Waals surface area contributed by atoms with Gasteiger partial charge < -0.3 is 16.0 Å². The van der Waals surface area contributed by atoms with Crippen LogP contribution in [-0.2, 0) is 0 Å². The predicted octanol–water partition coefficient (Wildman–Crippen LogP) is 4.98. The standard InChI is InChI=1S/C28H27N7O/c1-17-9-10-18(2)23(15-17)33-28(36)24-25-27(32-22-8-6-5-7-21(22)31-25)35(26(24)29)30-16-19-11-13-20(14-12-19)34(3)4/h5-16H,29H2,1-4H3,(H,33,36). The fourth-order valence-electron chi connectivity index (χ4n) is 4.03. The maximum absolute atomic E-state index is 13.5. The van der Waals surface area contributed by atoms with E-state index < -0.39 is 0 Å². The Bertz CT molecular complexity index is 1630. The second kappa shape index (κ2) is 9.14. The molecule has 0 spiro atoms. The number of benzene rings is 3. The van der Waals surface area contributed by atoms with E-state index in [0.29, 0.717) is 22.2 Å². The van der Waals surface area contributed by atoms with Crippen LogP contribution in [-0.4, -0.2) is 40.9 Å². The molecule has 0 saturated heterocycles. The van der Waals surface area contributed by atoms with E-state index in [1.807, 2.05) is 99.6 Å². The third-order valence-corrected chi connectivity index (χ3v) is 6.07. The van der Waals surface area contributed by atoms with Crippen molar-refractivity contribution in [3.8, 4) is 0 Å². The van der Waals surface area contributed by atoms with Crippen LogP contribution in [0.3, 0.4) is 0 Å². The molecule has 3 N–H and O–H groups in total. The zero-order chi connectivity index (χ0) is 25.4. The lowest BCUT2D eigenvalue weighted by molar-refractivity contribution is 0.102. The molecule has 0 aliphatic heterocycles. The SMILES string of the molecule is Cc1ccc(C)c(NC(=O)c2c(N)n(N=Cc3ccc(N(C)C)cc3)c3nc4ccccc4nc23)c1. The zero-order valence-electron chi connectivity index (χ0n) is 20.6. The number of anilines is 3. The molecule has 0 atom stereocenters. The van der Waals surface area contributed by atoms with E-state index >= 15 is 0 Å². The monoisotopic (exact) mass is 477 g/mol. The van der Waals surface area contributed by atoms with E-state index in [0.717, 1.165) is 28.1 Å². The summed E-state index contributed by atoms with van der Waals surface area (Å²) in [7, 11) is 3.98. The molecule has 0 saturated carbocycles. The maximum atomic E-state index is 13.5. The molecule has 36 heavy (non-hydrogen) atoms. The third-order valence-electron chi connectivity index (χ3n) is 6.07. The molecule has 0 radical (unpaired) electrons. The van der Waals surface area contributed by atoms with Crippen molar-refractivity contribution in [3.63, 3.8) is 0 Å². The van der Waals surface area contributed by atoms with Crippen molar-refractivity contribution in [2.24, 2.45) is 5.10 Å². The highest BCUT2D eigenvalue weighted by Gasteiger charge is 2.24. The summed E-state index contributed by atoms with van der Waals surface area (Å²) in [6.07, 6.45) is 1.69. The first-order valence-corrected chi connectivity index (χ1v) is 11.6. The fourth-order valence-corrected chi connectivity index (χ4v) is 4.03. The summed E-state index contributed by atoms with van der Waals surface area (Å²) in [4.78, 5) is 25.0. The lowest BCUT2D eigenvalue weighted by atomic mass is 10.1. The smallest absolute Gasteiger partial charge is 0.261 e. The van der Waals surface area contributed by atoms with Crippen molar-refractivity contribution in [2.75, 3.05) is 30.0 Å². The number of aryl methyl sites for hydroxylation is 2. The summed E-state index contributed by atoms with van der Waals surface area (Å²) in [5, 5.41) is 7.59. The average molecular weight is 478 g/mol. The number of hydrogen-bond acceptors (Lipinski definition) is 6. The van der Waals surface area contributed by atoms with Crippen LogP contribution >= 0.6 is 0 Å². The predicted molar refractivity (Wildman–Crippen MR) is 147 cm³/mol. The molecule has 180 valence electrons. The Hall–Kier alpha value is -4.72. The van der Waals surface area contributed by atoms with Gasteiger partial charge in [-0.05, 0) is 60.9 Å². The fraction of sp³-hybridized carbons (Fsp3) is 0.143. The van der Waals surface area contributed by atoms with Crippen LogP contribution in [0.25, 0.3) is 22.2 Å². The second-order valence-corrected chi connectivity index (χ2v) is 8.96. The van der Waals surface area contributed by atoms with Crippen molar-refractivity contribution in [1.82, 2.24) is 14.6 Å². The highest BCUT2D eigenvalue weighted by Crippen LogP contribution is 2.29. The maximum Gasteiger partial charge on any atom is 0.261 e. The molecule has 0 aliphatic rings. The van der Waals surface area contributed by atoms with Gasteiger partial charge in [0, 0.05) is 25.5 Å². The molecule has 8 heteroatoms. The number of nitrogens with one attached hydrogen (secondary N) is 1. The van der Waals surface area contributed by atoms with Crippen molar-refractivity contribution in [3.05, 3.63) is 89.0 Å². The number of carbonyl (C=O) groups excluding carboxylic acids is 1. The number of hydrogen-bond donors (Lipinski definition) is 2. The van der Waals surface area contributed by atoms with Gasteiger partial charge in [0.1, 0.15) is 16.9 Å². The van der Waals surface area contributed by atoms with Crippen LogP contribution < -0.4 is 16.0 Å². The second-order valence-electron chi connectivity index (χ2n) is 8.96. The van der Waals surface area contributed by atoms with Crippen LogP contribution in [0, 0.1) is 13.8 Å². The van der Waals surface area contributed by atoms with E-state index in [-0.39, 0.29) is 17.3 Å². The minimum atomic E-state index is -0.361. The van der Waals surface area contributed by atoms with Gasteiger partial charge in [0.2, 0.25) is 0 Å². The molecular weight excluding hydrogens is 450 g/mol. The molecule has 0 unspecified atom stereocenters. The Morgan fingerprint density at radius 3 is 2.39 bits per heavy atom. The largest absolute Gasteiger partial charge is 0.383 e. The van der Waals surface area contributed by atoms with Gasteiger partial charge in [0.25, 0.3) is 5.91 Å². The van der Waals surface area contributed by atoms with Crippen LogP contribution in [0.1, 0.15) is 27.0 Å². The third kappa shape index (κ3) is 4.24. The number of nitrogens with two attached hydrogens (primary N) is 1. The Morgan fingerprint density at radius 2 is 1.69 bits per heavy atom. The number of fused-ring (bicyclic) bond motifs is 2. The molecule has 2 aromatic heterocycles. The minimum absolute atomic E-state index is 0.171. The van der Waals surface area contributed by atoms with Crippen LogP contribution in [0.5, 0.6) is 0 Å². The van der Waals surface area contributed by atoms with Gasteiger partial charge in [0.05, 0.1) is 17.2 Å². The van der Waals surface area contributed by atoms with E-state index in [1.165, 1.54) is 4.68 Å². The molecule has 8 nitrogen and oxygen atoms in total. The van der Waals surface area contributed by atoms with Gasteiger partial charge >= 0.3 is 0 Å². The van der Waals surface area contributed by atoms with Crippen LogP contribution in [0.4, 0.5) is 17.2 Å².